The number of fused-ring (bicyclic) bond motifs is 1. The van der Waals surface area contributed by atoms with Crippen LogP contribution in [-0.4, -0.2) is 14.5 Å². The van der Waals surface area contributed by atoms with Gasteiger partial charge in [0.05, 0.1) is 10.7 Å². The Labute approximate surface area is 113 Å². The molecule has 3 aromatic rings. The van der Waals surface area contributed by atoms with Gasteiger partial charge >= 0.3 is 0 Å². The maximum absolute atomic E-state index is 13.4. The van der Waals surface area contributed by atoms with Crippen molar-refractivity contribution in [2.75, 3.05) is 5.73 Å². The smallest absolute Gasteiger partial charge is 0.207 e. The van der Waals surface area contributed by atoms with Crippen molar-refractivity contribution in [2.45, 2.75) is 6.92 Å². The zero-order valence-electron chi connectivity index (χ0n) is 10.1. The average molecular weight is 277 g/mol. The van der Waals surface area contributed by atoms with E-state index in [0.29, 0.717) is 21.9 Å². The Morgan fingerprint density at radius 2 is 2.11 bits per heavy atom. The van der Waals surface area contributed by atoms with Gasteiger partial charge in [-0.1, -0.05) is 11.6 Å². The van der Waals surface area contributed by atoms with Crippen molar-refractivity contribution in [2.24, 2.45) is 0 Å². The summed E-state index contributed by atoms with van der Waals surface area (Å²) in [5.74, 6) is -0.173. The van der Waals surface area contributed by atoms with Crippen molar-refractivity contribution in [3.8, 4) is 5.69 Å². The zero-order valence-corrected chi connectivity index (χ0v) is 10.8. The molecule has 6 heteroatoms. The molecule has 19 heavy (non-hydrogen) atoms. The maximum Gasteiger partial charge on any atom is 0.207 e. The third-order valence-corrected chi connectivity index (χ3v) is 3.13. The molecule has 0 atom stereocenters. The summed E-state index contributed by atoms with van der Waals surface area (Å²) in [7, 11) is 0. The van der Waals surface area contributed by atoms with E-state index in [2.05, 4.69) is 9.97 Å². The van der Waals surface area contributed by atoms with Crippen LogP contribution in [0.25, 0.3) is 16.9 Å². The Bertz CT molecular complexity index is 782. The summed E-state index contributed by atoms with van der Waals surface area (Å²) in [4.78, 5) is 8.51. The summed E-state index contributed by atoms with van der Waals surface area (Å²) in [6, 6.07) is 5.94. The summed E-state index contributed by atoms with van der Waals surface area (Å²) in [5, 5.41) is 0.384. The number of pyridine rings is 1. The fourth-order valence-corrected chi connectivity index (χ4v) is 2.18. The first-order valence-electron chi connectivity index (χ1n) is 5.62. The Balaban J connectivity index is 2.36. The number of benzene rings is 1. The Morgan fingerprint density at radius 3 is 2.89 bits per heavy atom. The van der Waals surface area contributed by atoms with Crippen molar-refractivity contribution in [3.63, 3.8) is 0 Å². The Kier molecular flexibility index (Phi) is 2.64. The van der Waals surface area contributed by atoms with E-state index >= 15 is 0 Å². The predicted molar refractivity (Wildman–Crippen MR) is 73.0 cm³/mol. The van der Waals surface area contributed by atoms with Crippen molar-refractivity contribution in [3.05, 3.63) is 46.9 Å². The SMILES string of the molecule is Cc1cnc2c(c1)nc(N)n2-c1cc(F)ccc1Cl. The number of hydrogen-bond donors (Lipinski definition) is 1. The number of imidazole rings is 1. The van der Waals surface area contributed by atoms with Gasteiger partial charge in [-0.2, -0.15) is 0 Å². The number of aromatic nitrogens is 3. The van der Waals surface area contributed by atoms with Crippen LogP contribution in [-0.2, 0) is 0 Å². The summed E-state index contributed by atoms with van der Waals surface area (Å²) in [5.41, 5.74) is 8.49. The zero-order chi connectivity index (χ0) is 13.6. The van der Waals surface area contributed by atoms with Gasteiger partial charge in [0.15, 0.2) is 5.65 Å². The number of nitrogens with two attached hydrogens (primary N) is 1. The van der Waals surface area contributed by atoms with Crippen LogP contribution in [0.2, 0.25) is 5.02 Å². The van der Waals surface area contributed by atoms with Crippen molar-refractivity contribution >= 4 is 28.7 Å². The lowest BCUT2D eigenvalue weighted by Gasteiger charge is -2.08. The fraction of sp³-hybridized carbons (Fsp3) is 0.0769. The molecule has 3 rings (SSSR count). The molecule has 2 heterocycles. The predicted octanol–water partition coefficient (Wildman–Crippen LogP) is 3.10. The first-order valence-corrected chi connectivity index (χ1v) is 6.00. The first kappa shape index (κ1) is 11.9. The second kappa shape index (κ2) is 4.20. The van der Waals surface area contributed by atoms with E-state index in [0.717, 1.165) is 5.56 Å². The van der Waals surface area contributed by atoms with Crippen molar-refractivity contribution in [1.29, 1.82) is 0 Å². The van der Waals surface area contributed by atoms with Crippen LogP contribution in [0.1, 0.15) is 5.56 Å². The lowest BCUT2D eigenvalue weighted by molar-refractivity contribution is 0.627. The molecule has 0 saturated carbocycles. The lowest BCUT2D eigenvalue weighted by Crippen LogP contribution is -2.02. The van der Waals surface area contributed by atoms with Crippen LogP contribution < -0.4 is 5.73 Å². The van der Waals surface area contributed by atoms with Crippen molar-refractivity contribution in [1.82, 2.24) is 14.5 Å². The molecule has 0 spiro atoms. The van der Waals surface area contributed by atoms with Gasteiger partial charge in [-0.15, -0.1) is 0 Å². The second-order valence-electron chi connectivity index (χ2n) is 4.26. The van der Waals surface area contributed by atoms with Crippen LogP contribution in [0.15, 0.2) is 30.5 Å². The summed E-state index contributed by atoms with van der Waals surface area (Å²) in [6.45, 7) is 1.91. The molecule has 0 unspecified atom stereocenters. The molecule has 2 N–H and O–H groups in total. The number of aryl methyl sites for hydroxylation is 1. The number of nitrogens with zero attached hydrogens (tertiary/aromatic N) is 3. The molecular formula is C13H10ClFN4. The van der Waals surface area contributed by atoms with Gasteiger partial charge in [0.1, 0.15) is 11.3 Å². The fourth-order valence-electron chi connectivity index (χ4n) is 1.98. The second-order valence-corrected chi connectivity index (χ2v) is 4.66. The van der Waals surface area contributed by atoms with Crippen LogP contribution in [0.5, 0.6) is 0 Å². The van der Waals surface area contributed by atoms with E-state index in [4.69, 9.17) is 17.3 Å². The van der Waals surface area contributed by atoms with Gasteiger partial charge in [-0.3, -0.25) is 4.57 Å². The number of hydrogen-bond acceptors (Lipinski definition) is 3. The third-order valence-electron chi connectivity index (χ3n) is 2.81. The molecule has 0 fully saturated rings. The van der Waals surface area contributed by atoms with E-state index in [1.165, 1.54) is 18.2 Å². The highest BCUT2D eigenvalue weighted by Gasteiger charge is 2.14. The maximum atomic E-state index is 13.4. The number of nitrogen functional groups attached to an aromatic ring is 1. The monoisotopic (exact) mass is 276 g/mol. The number of halogens is 2. The van der Waals surface area contributed by atoms with Gasteiger partial charge in [-0.25, -0.2) is 14.4 Å². The van der Waals surface area contributed by atoms with Gasteiger partial charge in [0, 0.05) is 6.20 Å². The minimum absolute atomic E-state index is 0.223. The van der Waals surface area contributed by atoms with Crippen LogP contribution in [0.4, 0.5) is 10.3 Å². The number of rotatable bonds is 1. The molecule has 0 radical (unpaired) electrons. The molecule has 4 nitrogen and oxygen atoms in total. The van der Waals surface area contributed by atoms with E-state index in [-0.39, 0.29) is 5.95 Å². The van der Waals surface area contributed by atoms with Crippen LogP contribution in [0.3, 0.4) is 0 Å². The first-order chi connectivity index (χ1) is 9.06. The molecule has 96 valence electrons. The highest BCUT2D eigenvalue weighted by molar-refractivity contribution is 6.32. The summed E-state index contributed by atoms with van der Waals surface area (Å²) >= 11 is 6.09. The molecule has 0 saturated heterocycles. The standard InChI is InChI=1S/C13H10ClFN4/c1-7-4-10-12(17-6-7)19(13(16)18-10)11-5-8(15)2-3-9(11)14/h2-6H,1H3,(H2,16,18). The molecule has 0 aliphatic carbocycles. The quantitative estimate of drug-likeness (QED) is 0.743. The lowest BCUT2D eigenvalue weighted by atomic mass is 10.3. The van der Waals surface area contributed by atoms with Gasteiger partial charge in [0.2, 0.25) is 5.95 Å². The molecule has 0 bridgehead atoms. The minimum Gasteiger partial charge on any atom is -0.369 e. The van der Waals surface area contributed by atoms with Crippen LogP contribution in [0, 0.1) is 12.7 Å². The highest BCUT2D eigenvalue weighted by atomic mass is 35.5. The molecule has 0 aliphatic heterocycles. The molecular weight excluding hydrogens is 267 g/mol. The van der Waals surface area contributed by atoms with E-state index in [9.17, 15) is 4.39 Å². The molecule has 0 aliphatic rings. The average Bonchev–Trinajstić information content (AvgIpc) is 2.67. The van der Waals surface area contributed by atoms with E-state index in [1.54, 1.807) is 10.8 Å². The van der Waals surface area contributed by atoms with Gasteiger partial charge < -0.3 is 5.73 Å². The summed E-state index contributed by atoms with van der Waals surface area (Å²) < 4.78 is 14.9. The summed E-state index contributed by atoms with van der Waals surface area (Å²) in [6.07, 6.45) is 1.70. The largest absolute Gasteiger partial charge is 0.369 e. The minimum atomic E-state index is -0.396. The normalized spacial score (nSPS) is 11.1. The molecule has 1 aromatic carbocycles. The van der Waals surface area contributed by atoms with Crippen LogP contribution >= 0.6 is 11.6 Å². The number of anilines is 1. The molecule has 2 aromatic heterocycles. The third kappa shape index (κ3) is 1.92. The Hall–Kier alpha value is -2.14. The van der Waals surface area contributed by atoms with Gasteiger partial charge in [-0.05, 0) is 36.8 Å². The van der Waals surface area contributed by atoms with E-state index in [1.807, 2.05) is 13.0 Å². The highest BCUT2D eigenvalue weighted by Crippen LogP contribution is 2.27. The van der Waals surface area contributed by atoms with Crippen molar-refractivity contribution < 1.29 is 4.39 Å². The topological polar surface area (TPSA) is 56.7 Å². The molecule has 0 amide bonds. The van der Waals surface area contributed by atoms with E-state index < -0.39 is 5.82 Å². The van der Waals surface area contributed by atoms with Gasteiger partial charge in [0.25, 0.3) is 0 Å². The Morgan fingerprint density at radius 1 is 1.32 bits per heavy atom.